The van der Waals surface area contributed by atoms with E-state index in [1.165, 1.54) is 5.56 Å². The van der Waals surface area contributed by atoms with Gasteiger partial charge in [-0.1, -0.05) is 63.2 Å². The maximum Gasteiger partial charge on any atom is 0.258 e. The number of benzene rings is 2. The summed E-state index contributed by atoms with van der Waals surface area (Å²) in [5, 5.41) is 3.08. The van der Waals surface area contributed by atoms with Crippen molar-refractivity contribution in [3.63, 3.8) is 0 Å². The van der Waals surface area contributed by atoms with Gasteiger partial charge in [-0.2, -0.15) is 0 Å². The van der Waals surface area contributed by atoms with Crippen LogP contribution in [0.15, 0.2) is 54.6 Å². The van der Waals surface area contributed by atoms with E-state index < -0.39 is 0 Å². The molecule has 122 valence electrons. The fraction of sp³-hybridized carbons (Fsp3) is 0.350. The molecule has 0 radical (unpaired) electrons. The number of rotatable bonds is 7. The Morgan fingerprint density at radius 2 is 1.70 bits per heavy atom. The second-order valence-electron chi connectivity index (χ2n) is 5.99. The Bertz CT molecular complexity index is 605. The first-order valence-corrected chi connectivity index (χ1v) is 8.16. The van der Waals surface area contributed by atoms with Gasteiger partial charge in [0.1, 0.15) is 5.75 Å². The highest BCUT2D eigenvalue weighted by Crippen LogP contribution is 2.22. The number of para-hydroxylation sites is 1. The van der Waals surface area contributed by atoms with Crippen molar-refractivity contribution in [2.75, 3.05) is 6.61 Å². The van der Waals surface area contributed by atoms with Gasteiger partial charge in [0.15, 0.2) is 6.61 Å². The second-order valence-corrected chi connectivity index (χ2v) is 5.99. The molecule has 0 aliphatic rings. The summed E-state index contributed by atoms with van der Waals surface area (Å²) in [5.41, 5.74) is 2.43. The van der Waals surface area contributed by atoms with E-state index in [9.17, 15) is 4.79 Å². The van der Waals surface area contributed by atoms with Gasteiger partial charge in [-0.3, -0.25) is 4.79 Å². The van der Waals surface area contributed by atoms with Gasteiger partial charge in [-0.05, 0) is 35.6 Å². The lowest BCUT2D eigenvalue weighted by atomic mass is 9.95. The van der Waals surface area contributed by atoms with Crippen molar-refractivity contribution in [1.29, 1.82) is 0 Å². The van der Waals surface area contributed by atoms with E-state index in [1.54, 1.807) is 0 Å². The molecule has 1 amide bonds. The largest absolute Gasteiger partial charge is 0.484 e. The molecule has 2 rings (SSSR count). The summed E-state index contributed by atoms with van der Waals surface area (Å²) >= 11 is 0. The highest BCUT2D eigenvalue weighted by Gasteiger charge is 2.18. The molecule has 23 heavy (non-hydrogen) atoms. The first-order valence-electron chi connectivity index (χ1n) is 8.16. The average molecular weight is 311 g/mol. The Morgan fingerprint density at radius 3 is 2.26 bits per heavy atom. The Balaban J connectivity index is 1.96. The highest BCUT2D eigenvalue weighted by molar-refractivity contribution is 5.78. The van der Waals surface area contributed by atoms with Crippen LogP contribution in [-0.4, -0.2) is 12.5 Å². The number of ether oxygens (including phenoxy) is 1. The third-order valence-corrected chi connectivity index (χ3v) is 3.84. The van der Waals surface area contributed by atoms with E-state index in [-0.39, 0.29) is 18.6 Å². The zero-order valence-corrected chi connectivity index (χ0v) is 14.1. The Morgan fingerprint density at radius 1 is 1.04 bits per heavy atom. The molecule has 0 bridgehead atoms. The monoisotopic (exact) mass is 311 g/mol. The molecule has 0 fully saturated rings. The van der Waals surface area contributed by atoms with Crippen molar-refractivity contribution in [3.05, 3.63) is 65.7 Å². The molecule has 0 saturated heterocycles. The summed E-state index contributed by atoms with van der Waals surface area (Å²) in [4.78, 5) is 12.2. The molecular formula is C20H25NO2. The van der Waals surface area contributed by atoms with Gasteiger partial charge in [-0.25, -0.2) is 0 Å². The lowest BCUT2D eigenvalue weighted by Gasteiger charge is -2.23. The standard InChI is InChI=1S/C20H25NO2/c1-4-16-10-12-17(13-11-16)20(15(2)3)21-19(22)14-23-18-8-6-5-7-9-18/h5-13,15,20H,4,14H2,1-3H3,(H,21,22). The maximum absolute atomic E-state index is 12.2. The zero-order valence-electron chi connectivity index (χ0n) is 14.1. The minimum absolute atomic E-state index is 0.00669. The molecule has 2 aromatic rings. The fourth-order valence-electron chi connectivity index (χ4n) is 2.48. The van der Waals surface area contributed by atoms with Crippen LogP contribution in [0.1, 0.15) is 37.9 Å². The Hall–Kier alpha value is -2.29. The van der Waals surface area contributed by atoms with Gasteiger partial charge < -0.3 is 10.1 Å². The SMILES string of the molecule is CCc1ccc(C(NC(=O)COc2ccccc2)C(C)C)cc1. The second kappa shape index (κ2) is 8.37. The smallest absolute Gasteiger partial charge is 0.258 e. The van der Waals surface area contributed by atoms with E-state index in [0.29, 0.717) is 11.7 Å². The molecule has 3 heteroatoms. The lowest BCUT2D eigenvalue weighted by Crippen LogP contribution is -2.35. The average Bonchev–Trinajstić information content (AvgIpc) is 2.58. The zero-order chi connectivity index (χ0) is 16.7. The maximum atomic E-state index is 12.2. The van der Waals surface area contributed by atoms with Gasteiger partial charge >= 0.3 is 0 Å². The quantitative estimate of drug-likeness (QED) is 0.834. The van der Waals surface area contributed by atoms with Crippen LogP contribution < -0.4 is 10.1 Å². The van der Waals surface area contributed by atoms with Gasteiger partial charge in [0.25, 0.3) is 5.91 Å². The number of hydrogen-bond acceptors (Lipinski definition) is 2. The van der Waals surface area contributed by atoms with Gasteiger partial charge in [-0.15, -0.1) is 0 Å². The minimum atomic E-state index is -0.105. The molecule has 1 N–H and O–H groups in total. The first kappa shape index (κ1) is 17.1. The predicted molar refractivity (Wildman–Crippen MR) is 93.5 cm³/mol. The van der Waals surface area contributed by atoms with Crippen LogP contribution in [0, 0.1) is 5.92 Å². The first-order chi connectivity index (χ1) is 11.1. The summed E-state index contributed by atoms with van der Waals surface area (Å²) in [6.07, 6.45) is 1.02. The van der Waals surface area contributed by atoms with E-state index in [1.807, 2.05) is 30.3 Å². The molecule has 1 unspecified atom stereocenters. The van der Waals surface area contributed by atoms with Crippen molar-refractivity contribution in [2.24, 2.45) is 5.92 Å². The molecule has 0 heterocycles. The van der Waals surface area contributed by atoms with Crippen LogP contribution in [0.2, 0.25) is 0 Å². The van der Waals surface area contributed by atoms with Gasteiger partial charge in [0.05, 0.1) is 6.04 Å². The van der Waals surface area contributed by atoms with Crippen LogP contribution in [-0.2, 0) is 11.2 Å². The Kier molecular flexibility index (Phi) is 6.21. The molecule has 3 nitrogen and oxygen atoms in total. The number of amides is 1. The number of nitrogens with one attached hydrogen (secondary N) is 1. The number of aryl methyl sites for hydroxylation is 1. The van der Waals surface area contributed by atoms with Crippen molar-refractivity contribution >= 4 is 5.91 Å². The van der Waals surface area contributed by atoms with Crippen LogP contribution in [0.4, 0.5) is 0 Å². The van der Waals surface area contributed by atoms with Crippen molar-refractivity contribution < 1.29 is 9.53 Å². The summed E-state index contributed by atoms with van der Waals surface area (Å²) < 4.78 is 5.51. The predicted octanol–water partition coefficient (Wildman–Crippen LogP) is 4.14. The highest BCUT2D eigenvalue weighted by atomic mass is 16.5. The van der Waals surface area contributed by atoms with Crippen molar-refractivity contribution in [1.82, 2.24) is 5.32 Å². The summed E-state index contributed by atoms with van der Waals surface area (Å²) in [6.45, 7) is 6.38. The third kappa shape index (κ3) is 5.13. The number of carbonyl (C=O) groups is 1. The molecule has 0 spiro atoms. The van der Waals surface area contributed by atoms with Gasteiger partial charge in [0.2, 0.25) is 0 Å². The van der Waals surface area contributed by atoms with E-state index in [0.717, 1.165) is 12.0 Å². The summed E-state index contributed by atoms with van der Waals surface area (Å²) in [5.74, 6) is 0.909. The molecule has 0 aliphatic heterocycles. The van der Waals surface area contributed by atoms with Crippen LogP contribution in [0.25, 0.3) is 0 Å². The van der Waals surface area contributed by atoms with Crippen LogP contribution in [0.3, 0.4) is 0 Å². The fourth-order valence-corrected chi connectivity index (χ4v) is 2.48. The van der Waals surface area contributed by atoms with Crippen LogP contribution >= 0.6 is 0 Å². The Labute approximate surface area is 138 Å². The molecule has 0 aliphatic carbocycles. The molecule has 0 saturated carbocycles. The number of hydrogen-bond donors (Lipinski definition) is 1. The molecular weight excluding hydrogens is 286 g/mol. The number of carbonyl (C=O) groups excluding carboxylic acids is 1. The topological polar surface area (TPSA) is 38.3 Å². The van der Waals surface area contributed by atoms with E-state index >= 15 is 0 Å². The van der Waals surface area contributed by atoms with Crippen molar-refractivity contribution in [3.8, 4) is 5.75 Å². The molecule has 1 atom stereocenters. The van der Waals surface area contributed by atoms with Crippen LogP contribution in [0.5, 0.6) is 5.75 Å². The summed E-state index contributed by atoms with van der Waals surface area (Å²) in [7, 11) is 0. The van der Waals surface area contributed by atoms with Gasteiger partial charge in [0, 0.05) is 0 Å². The molecule has 0 aromatic heterocycles. The normalized spacial score (nSPS) is 12.0. The van der Waals surface area contributed by atoms with E-state index in [4.69, 9.17) is 4.74 Å². The van der Waals surface area contributed by atoms with Crippen molar-refractivity contribution in [2.45, 2.75) is 33.2 Å². The summed E-state index contributed by atoms with van der Waals surface area (Å²) in [6, 6.07) is 17.8. The van der Waals surface area contributed by atoms with E-state index in [2.05, 4.69) is 50.4 Å². The minimum Gasteiger partial charge on any atom is -0.484 e. The third-order valence-electron chi connectivity index (χ3n) is 3.84. The molecule has 2 aromatic carbocycles. The lowest BCUT2D eigenvalue weighted by molar-refractivity contribution is -0.124.